The molecule has 1 aromatic carbocycles. The third-order valence-corrected chi connectivity index (χ3v) is 4.90. The van der Waals surface area contributed by atoms with E-state index in [2.05, 4.69) is 20.3 Å². The molecule has 2 aromatic heterocycles. The first kappa shape index (κ1) is 17.5. The van der Waals surface area contributed by atoms with Crippen LogP contribution in [0.15, 0.2) is 41.8 Å². The van der Waals surface area contributed by atoms with Crippen LogP contribution in [0.5, 0.6) is 0 Å². The van der Waals surface area contributed by atoms with Gasteiger partial charge in [-0.3, -0.25) is 14.8 Å². The number of benzene rings is 1. The highest BCUT2D eigenvalue weighted by molar-refractivity contribution is 7.71. The predicted molar refractivity (Wildman–Crippen MR) is 102 cm³/mol. The van der Waals surface area contributed by atoms with Gasteiger partial charge in [0, 0.05) is 19.2 Å². The van der Waals surface area contributed by atoms with Crippen molar-refractivity contribution in [3.63, 3.8) is 0 Å². The van der Waals surface area contributed by atoms with E-state index in [1.54, 1.807) is 18.4 Å². The smallest absolute Gasteiger partial charge is 0.251 e. The molecule has 6 nitrogen and oxygen atoms in total. The second kappa shape index (κ2) is 7.73. The van der Waals surface area contributed by atoms with Crippen LogP contribution in [0.4, 0.5) is 0 Å². The van der Waals surface area contributed by atoms with Crippen molar-refractivity contribution < 1.29 is 4.79 Å². The fraction of sp³-hybridized carbons (Fsp3) is 0.235. The number of carbonyl (C=O) groups excluding carboxylic acids is 1. The van der Waals surface area contributed by atoms with Gasteiger partial charge in [0.15, 0.2) is 5.82 Å². The molecule has 0 unspecified atom stereocenters. The summed E-state index contributed by atoms with van der Waals surface area (Å²) in [5, 5.41) is 7.88. The number of aromatic nitrogens is 3. The number of hydrogen-bond acceptors (Lipinski definition) is 5. The predicted octanol–water partition coefficient (Wildman–Crippen LogP) is 3.12. The fourth-order valence-electron chi connectivity index (χ4n) is 2.48. The number of carbonyl (C=O) groups is 1. The highest BCUT2D eigenvalue weighted by atomic mass is 32.1. The first-order chi connectivity index (χ1) is 12.1. The Kier molecular flexibility index (Phi) is 5.42. The Balaban J connectivity index is 1.66. The van der Waals surface area contributed by atoms with Crippen LogP contribution < -0.4 is 5.32 Å². The Morgan fingerprint density at radius 2 is 2.12 bits per heavy atom. The summed E-state index contributed by atoms with van der Waals surface area (Å²) in [7, 11) is 3.64. The summed E-state index contributed by atoms with van der Waals surface area (Å²) in [6.07, 6.45) is 0. The molecular formula is C17H19N5OS2. The molecule has 0 aliphatic carbocycles. The van der Waals surface area contributed by atoms with Gasteiger partial charge < -0.3 is 5.32 Å². The Hall–Kier alpha value is -2.29. The molecule has 0 aliphatic heterocycles. The van der Waals surface area contributed by atoms with Gasteiger partial charge in [0.25, 0.3) is 5.91 Å². The number of hydrogen-bond donors (Lipinski definition) is 2. The number of amides is 1. The molecule has 2 N–H and O–H groups in total. The lowest BCUT2D eigenvalue weighted by Crippen LogP contribution is -2.22. The van der Waals surface area contributed by atoms with Crippen LogP contribution in [0, 0.1) is 4.77 Å². The number of nitrogens with one attached hydrogen (secondary N) is 2. The van der Waals surface area contributed by atoms with Crippen LogP contribution in [-0.4, -0.2) is 39.7 Å². The third-order valence-electron chi connectivity index (χ3n) is 3.71. The second-order valence-electron chi connectivity index (χ2n) is 5.69. The van der Waals surface area contributed by atoms with Crippen LogP contribution in [0.3, 0.4) is 0 Å². The topological polar surface area (TPSA) is 66.0 Å². The van der Waals surface area contributed by atoms with Gasteiger partial charge in [-0.2, -0.15) is 4.98 Å². The molecule has 8 heteroatoms. The minimum absolute atomic E-state index is 0.0789. The van der Waals surface area contributed by atoms with Crippen molar-refractivity contribution in [2.45, 2.75) is 13.2 Å². The van der Waals surface area contributed by atoms with Crippen molar-refractivity contribution in [2.24, 2.45) is 0 Å². The Labute approximate surface area is 155 Å². The first-order valence-corrected chi connectivity index (χ1v) is 9.06. The summed E-state index contributed by atoms with van der Waals surface area (Å²) in [5.74, 6) is 0.716. The maximum Gasteiger partial charge on any atom is 0.251 e. The van der Waals surface area contributed by atoms with E-state index in [0.717, 1.165) is 22.8 Å². The number of thiophene rings is 1. The third kappa shape index (κ3) is 4.22. The van der Waals surface area contributed by atoms with Gasteiger partial charge in [0.1, 0.15) is 0 Å². The molecule has 0 bridgehead atoms. The Morgan fingerprint density at radius 1 is 1.36 bits per heavy atom. The number of nitrogens with zero attached hydrogens (tertiary/aromatic N) is 3. The van der Waals surface area contributed by atoms with E-state index in [9.17, 15) is 4.79 Å². The number of rotatable bonds is 6. The fourth-order valence-corrected chi connectivity index (χ4v) is 3.34. The molecule has 0 saturated heterocycles. The molecule has 3 aromatic rings. The van der Waals surface area contributed by atoms with Gasteiger partial charge in [-0.1, -0.05) is 18.2 Å². The molecule has 0 saturated carbocycles. The Morgan fingerprint density at radius 3 is 2.76 bits per heavy atom. The molecule has 25 heavy (non-hydrogen) atoms. The lowest BCUT2D eigenvalue weighted by atomic mass is 10.1. The van der Waals surface area contributed by atoms with Crippen molar-refractivity contribution in [1.82, 2.24) is 25.0 Å². The zero-order chi connectivity index (χ0) is 17.8. The first-order valence-electron chi connectivity index (χ1n) is 7.77. The molecule has 0 radical (unpaired) electrons. The summed E-state index contributed by atoms with van der Waals surface area (Å²) in [5.41, 5.74) is 1.78. The van der Waals surface area contributed by atoms with Crippen molar-refractivity contribution in [1.29, 1.82) is 0 Å². The second-order valence-corrected chi connectivity index (χ2v) is 7.00. The molecule has 0 fully saturated rings. The minimum atomic E-state index is -0.0789. The summed E-state index contributed by atoms with van der Waals surface area (Å²) in [6, 6.07) is 11.6. The lowest BCUT2D eigenvalue weighted by Gasteiger charge is -2.17. The van der Waals surface area contributed by atoms with Crippen molar-refractivity contribution >= 4 is 29.5 Å². The molecule has 1 amide bonds. The van der Waals surface area contributed by atoms with E-state index in [-0.39, 0.29) is 5.91 Å². The largest absolute Gasteiger partial charge is 0.355 e. The monoisotopic (exact) mass is 373 g/mol. The van der Waals surface area contributed by atoms with E-state index in [0.29, 0.717) is 17.0 Å². The van der Waals surface area contributed by atoms with Gasteiger partial charge in [-0.25, -0.2) is 4.68 Å². The van der Waals surface area contributed by atoms with Gasteiger partial charge >= 0.3 is 0 Å². The van der Waals surface area contributed by atoms with Crippen LogP contribution >= 0.6 is 23.6 Å². The number of H-pyrrole nitrogens is 1. The van der Waals surface area contributed by atoms with Gasteiger partial charge in [0.2, 0.25) is 4.77 Å². The quantitative estimate of drug-likeness (QED) is 0.652. The summed E-state index contributed by atoms with van der Waals surface area (Å²) in [6.45, 7) is 1.34. The van der Waals surface area contributed by atoms with Crippen LogP contribution in [0.2, 0.25) is 0 Å². The molecule has 0 spiro atoms. The Bertz CT molecular complexity index is 896. The van der Waals surface area contributed by atoms with E-state index >= 15 is 0 Å². The summed E-state index contributed by atoms with van der Waals surface area (Å²) < 4.78 is 2.38. The number of aromatic amines is 1. The SMILES string of the molecule is CNC(=O)c1ccc(CN(C)Cn2[nH]c(-c3cccs3)nc2=S)cc1. The zero-order valence-electron chi connectivity index (χ0n) is 14.0. The maximum absolute atomic E-state index is 11.6. The lowest BCUT2D eigenvalue weighted by molar-refractivity contribution is 0.0963. The standard InChI is InChI=1S/C17H19N5OS2/c1-18-16(23)13-7-5-12(6-8-13)10-21(2)11-22-17(24)19-15(20-22)14-4-3-9-25-14/h3-9H,10-11H2,1-2H3,(H,18,23)(H,19,20,24). The minimum Gasteiger partial charge on any atom is -0.355 e. The zero-order valence-corrected chi connectivity index (χ0v) is 15.7. The maximum atomic E-state index is 11.6. The average molecular weight is 374 g/mol. The van der Waals surface area contributed by atoms with Crippen LogP contribution in [-0.2, 0) is 13.2 Å². The summed E-state index contributed by atoms with van der Waals surface area (Å²) in [4.78, 5) is 19.2. The van der Waals surface area contributed by atoms with Crippen LogP contribution in [0.1, 0.15) is 15.9 Å². The molecular weight excluding hydrogens is 354 g/mol. The molecule has 130 valence electrons. The van der Waals surface area contributed by atoms with E-state index in [1.165, 1.54) is 0 Å². The molecule has 0 atom stereocenters. The highest BCUT2D eigenvalue weighted by Crippen LogP contribution is 2.20. The summed E-state index contributed by atoms with van der Waals surface area (Å²) >= 11 is 6.97. The molecule has 2 heterocycles. The van der Waals surface area contributed by atoms with Crippen molar-refractivity contribution in [3.05, 3.63) is 57.7 Å². The normalized spacial score (nSPS) is 11.0. The van der Waals surface area contributed by atoms with Crippen molar-refractivity contribution in [3.8, 4) is 10.7 Å². The molecule has 3 rings (SSSR count). The van der Waals surface area contributed by atoms with E-state index < -0.39 is 0 Å². The van der Waals surface area contributed by atoms with E-state index in [4.69, 9.17) is 12.2 Å². The highest BCUT2D eigenvalue weighted by Gasteiger charge is 2.09. The van der Waals surface area contributed by atoms with Crippen molar-refractivity contribution in [2.75, 3.05) is 14.1 Å². The average Bonchev–Trinajstić information content (AvgIpc) is 3.25. The molecule has 0 aliphatic rings. The van der Waals surface area contributed by atoms with Crippen LogP contribution in [0.25, 0.3) is 10.7 Å². The van der Waals surface area contributed by atoms with Gasteiger partial charge in [-0.05, 0) is 48.4 Å². The van der Waals surface area contributed by atoms with E-state index in [1.807, 2.05) is 53.5 Å². The van der Waals surface area contributed by atoms with Gasteiger partial charge in [0.05, 0.1) is 11.5 Å². The van der Waals surface area contributed by atoms with Gasteiger partial charge in [-0.15, -0.1) is 11.3 Å².